The highest BCUT2D eigenvalue weighted by Gasteiger charge is 2.30. The molecule has 2 N–H and O–H groups in total. The van der Waals surface area contributed by atoms with Crippen molar-refractivity contribution in [1.82, 2.24) is 4.90 Å². The Balaban J connectivity index is 1.57. The highest BCUT2D eigenvalue weighted by atomic mass is 15.2. The highest BCUT2D eigenvalue weighted by Crippen LogP contribution is 2.31. The number of hydrogen-bond donors (Lipinski definition) is 1. The third-order valence-corrected chi connectivity index (χ3v) is 5.05. The SMILES string of the molecule is NC1CCCCC1N1CCC(c2ccccc2)CC1. The van der Waals surface area contributed by atoms with Crippen molar-refractivity contribution in [2.45, 2.75) is 56.5 Å². The molecule has 0 spiro atoms. The second-order valence-electron chi connectivity index (χ2n) is 6.24. The molecular formula is C17H26N2. The van der Waals surface area contributed by atoms with Gasteiger partial charge in [0, 0.05) is 12.1 Å². The molecule has 2 atom stereocenters. The van der Waals surface area contributed by atoms with Gasteiger partial charge in [0.25, 0.3) is 0 Å². The summed E-state index contributed by atoms with van der Waals surface area (Å²) < 4.78 is 0. The van der Waals surface area contributed by atoms with E-state index in [1.807, 2.05) is 0 Å². The van der Waals surface area contributed by atoms with Gasteiger partial charge < -0.3 is 5.73 Å². The third-order valence-electron chi connectivity index (χ3n) is 5.05. The zero-order valence-electron chi connectivity index (χ0n) is 11.8. The Morgan fingerprint density at radius 2 is 1.58 bits per heavy atom. The first-order valence-electron chi connectivity index (χ1n) is 7.89. The van der Waals surface area contributed by atoms with E-state index in [1.165, 1.54) is 57.2 Å². The van der Waals surface area contributed by atoms with Crippen LogP contribution in [0.15, 0.2) is 30.3 Å². The maximum atomic E-state index is 6.31. The predicted octanol–water partition coefficient (Wildman–Crippen LogP) is 3.14. The Hall–Kier alpha value is -0.860. The molecule has 1 saturated carbocycles. The zero-order chi connectivity index (χ0) is 13.1. The van der Waals surface area contributed by atoms with Crippen LogP contribution in [0.4, 0.5) is 0 Å². The van der Waals surface area contributed by atoms with Crippen LogP contribution >= 0.6 is 0 Å². The quantitative estimate of drug-likeness (QED) is 0.883. The Labute approximate surface area is 117 Å². The fourth-order valence-corrected chi connectivity index (χ4v) is 3.88. The first kappa shape index (κ1) is 13.1. The molecule has 3 rings (SSSR count). The van der Waals surface area contributed by atoms with Gasteiger partial charge in [0.05, 0.1) is 0 Å². The van der Waals surface area contributed by atoms with E-state index in [4.69, 9.17) is 5.73 Å². The van der Waals surface area contributed by atoms with Gasteiger partial charge in [-0.25, -0.2) is 0 Å². The molecule has 1 aliphatic carbocycles. The largest absolute Gasteiger partial charge is 0.326 e. The van der Waals surface area contributed by atoms with E-state index in [0.717, 1.165) is 5.92 Å². The molecule has 2 unspecified atom stereocenters. The number of nitrogens with two attached hydrogens (primary N) is 1. The summed E-state index contributed by atoms with van der Waals surface area (Å²) in [6.45, 7) is 2.47. The van der Waals surface area contributed by atoms with Gasteiger partial charge in [0.2, 0.25) is 0 Å². The van der Waals surface area contributed by atoms with E-state index in [9.17, 15) is 0 Å². The van der Waals surface area contributed by atoms with E-state index in [2.05, 4.69) is 35.2 Å². The maximum absolute atomic E-state index is 6.31. The summed E-state index contributed by atoms with van der Waals surface area (Å²) in [6.07, 6.45) is 7.84. The van der Waals surface area contributed by atoms with Crippen molar-refractivity contribution < 1.29 is 0 Å². The van der Waals surface area contributed by atoms with Crippen LogP contribution in [0.3, 0.4) is 0 Å². The lowest BCUT2D eigenvalue weighted by atomic mass is 9.85. The predicted molar refractivity (Wildman–Crippen MR) is 80.2 cm³/mol. The average molecular weight is 258 g/mol. The molecule has 1 aliphatic heterocycles. The topological polar surface area (TPSA) is 29.3 Å². The van der Waals surface area contributed by atoms with E-state index in [1.54, 1.807) is 0 Å². The molecule has 2 fully saturated rings. The lowest BCUT2D eigenvalue weighted by molar-refractivity contribution is 0.107. The van der Waals surface area contributed by atoms with Crippen molar-refractivity contribution in [2.24, 2.45) is 5.73 Å². The summed E-state index contributed by atoms with van der Waals surface area (Å²) in [7, 11) is 0. The molecule has 0 aromatic heterocycles. The molecule has 2 nitrogen and oxygen atoms in total. The molecule has 1 aromatic rings. The van der Waals surface area contributed by atoms with E-state index >= 15 is 0 Å². The van der Waals surface area contributed by atoms with Gasteiger partial charge in [0.1, 0.15) is 0 Å². The maximum Gasteiger partial charge on any atom is 0.0247 e. The summed E-state index contributed by atoms with van der Waals surface area (Å²) in [5.41, 5.74) is 7.84. The Morgan fingerprint density at radius 1 is 0.895 bits per heavy atom. The molecule has 0 bridgehead atoms. The molecule has 1 heterocycles. The van der Waals surface area contributed by atoms with Crippen LogP contribution in [0.1, 0.15) is 50.0 Å². The van der Waals surface area contributed by atoms with Crippen LogP contribution < -0.4 is 5.73 Å². The Kier molecular flexibility index (Phi) is 4.19. The second kappa shape index (κ2) is 6.06. The Bertz CT molecular complexity index is 382. The fourth-order valence-electron chi connectivity index (χ4n) is 3.88. The van der Waals surface area contributed by atoms with Crippen molar-refractivity contribution in [2.75, 3.05) is 13.1 Å². The van der Waals surface area contributed by atoms with Crippen LogP contribution in [0.2, 0.25) is 0 Å². The lowest BCUT2D eigenvalue weighted by Gasteiger charge is -2.42. The van der Waals surface area contributed by atoms with Crippen LogP contribution in [0, 0.1) is 0 Å². The number of hydrogen-bond acceptors (Lipinski definition) is 2. The minimum Gasteiger partial charge on any atom is -0.326 e. The third kappa shape index (κ3) is 3.01. The van der Waals surface area contributed by atoms with Crippen molar-refractivity contribution in [3.8, 4) is 0 Å². The van der Waals surface area contributed by atoms with Gasteiger partial charge in [-0.05, 0) is 50.3 Å². The fraction of sp³-hybridized carbons (Fsp3) is 0.647. The lowest BCUT2D eigenvalue weighted by Crippen LogP contribution is -2.51. The smallest absolute Gasteiger partial charge is 0.0247 e. The number of rotatable bonds is 2. The monoisotopic (exact) mass is 258 g/mol. The number of benzene rings is 1. The van der Waals surface area contributed by atoms with Crippen molar-refractivity contribution in [3.63, 3.8) is 0 Å². The second-order valence-corrected chi connectivity index (χ2v) is 6.24. The molecule has 2 heteroatoms. The first-order valence-corrected chi connectivity index (χ1v) is 7.89. The van der Waals surface area contributed by atoms with E-state index in [-0.39, 0.29) is 0 Å². The summed E-state index contributed by atoms with van der Waals surface area (Å²) in [5.74, 6) is 0.761. The molecule has 0 amide bonds. The highest BCUT2D eigenvalue weighted by molar-refractivity contribution is 5.20. The molecule has 1 saturated heterocycles. The van der Waals surface area contributed by atoms with Crippen LogP contribution in [-0.4, -0.2) is 30.1 Å². The zero-order valence-corrected chi connectivity index (χ0v) is 11.8. The summed E-state index contributed by atoms with van der Waals surface area (Å²) in [4.78, 5) is 2.67. The van der Waals surface area contributed by atoms with Crippen molar-refractivity contribution in [3.05, 3.63) is 35.9 Å². The van der Waals surface area contributed by atoms with Crippen LogP contribution in [-0.2, 0) is 0 Å². The van der Waals surface area contributed by atoms with Crippen LogP contribution in [0.5, 0.6) is 0 Å². The van der Waals surface area contributed by atoms with E-state index < -0.39 is 0 Å². The normalized spacial score (nSPS) is 30.4. The first-order chi connectivity index (χ1) is 9.34. The van der Waals surface area contributed by atoms with E-state index in [0.29, 0.717) is 12.1 Å². The molecule has 2 aliphatic rings. The standard InChI is InChI=1S/C17H26N2/c18-16-8-4-5-9-17(16)19-12-10-15(11-13-19)14-6-2-1-3-7-14/h1-3,6-7,15-17H,4-5,8-13,18H2. The minimum atomic E-state index is 0.419. The van der Waals surface area contributed by atoms with Gasteiger partial charge in [-0.2, -0.15) is 0 Å². The molecule has 19 heavy (non-hydrogen) atoms. The van der Waals surface area contributed by atoms with Gasteiger partial charge in [-0.3, -0.25) is 4.90 Å². The molecule has 0 radical (unpaired) electrons. The van der Waals surface area contributed by atoms with Crippen molar-refractivity contribution >= 4 is 0 Å². The van der Waals surface area contributed by atoms with Gasteiger partial charge in [-0.15, -0.1) is 0 Å². The summed E-state index contributed by atoms with van der Waals surface area (Å²) in [5, 5.41) is 0. The number of piperidine rings is 1. The summed E-state index contributed by atoms with van der Waals surface area (Å²) in [6, 6.07) is 12.1. The Morgan fingerprint density at radius 3 is 2.26 bits per heavy atom. The number of likely N-dealkylation sites (tertiary alicyclic amines) is 1. The molecule has 104 valence electrons. The van der Waals surface area contributed by atoms with Gasteiger partial charge in [-0.1, -0.05) is 43.2 Å². The molecular weight excluding hydrogens is 232 g/mol. The van der Waals surface area contributed by atoms with Gasteiger partial charge >= 0.3 is 0 Å². The molecule has 1 aromatic carbocycles. The summed E-state index contributed by atoms with van der Waals surface area (Å²) >= 11 is 0. The minimum absolute atomic E-state index is 0.419. The van der Waals surface area contributed by atoms with Gasteiger partial charge in [0.15, 0.2) is 0 Å². The van der Waals surface area contributed by atoms with Crippen LogP contribution in [0.25, 0.3) is 0 Å². The average Bonchev–Trinajstić information content (AvgIpc) is 2.49. The number of nitrogens with zero attached hydrogens (tertiary/aromatic N) is 1. The van der Waals surface area contributed by atoms with Crippen molar-refractivity contribution in [1.29, 1.82) is 0 Å².